The summed E-state index contributed by atoms with van der Waals surface area (Å²) in [6, 6.07) is 0. The summed E-state index contributed by atoms with van der Waals surface area (Å²) < 4.78 is 26.8. The molecule has 1 aromatic heterocycles. The second-order valence-corrected chi connectivity index (χ2v) is 9.35. The Labute approximate surface area is 158 Å². The Morgan fingerprint density at radius 3 is 2.54 bits per heavy atom. The van der Waals surface area contributed by atoms with Gasteiger partial charge in [0.05, 0.1) is 17.6 Å². The lowest BCUT2D eigenvalue weighted by Gasteiger charge is -2.37. The van der Waals surface area contributed by atoms with E-state index in [1.165, 1.54) is 0 Å². The molecule has 0 saturated carbocycles. The van der Waals surface area contributed by atoms with E-state index in [4.69, 9.17) is 0 Å². The molecule has 0 radical (unpaired) electrons. The van der Waals surface area contributed by atoms with Crippen LogP contribution in [0.2, 0.25) is 0 Å². The predicted molar refractivity (Wildman–Crippen MR) is 107 cm³/mol. The maximum atomic E-state index is 12.4. The summed E-state index contributed by atoms with van der Waals surface area (Å²) in [5, 5.41) is 0.223. The first-order valence-electron chi connectivity index (χ1n) is 9.68. The first-order chi connectivity index (χ1) is 12.4. The average molecular weight is 380 g/mol. The lowest BCUT2D eigenvalue weighted by molar-refractivity contribution is 0.130. The monoisotopic (exact) mass is 379 g/mol. The topological polar surface area (TPSA) is 55.2 Å². The molecule has 0 spiro atoms. The summed E-state index contributed by atoms with van der Waals surface area (Å²) in [4.78, 5) is 6.77. The number of imidazole rings is 1. The summed E-state index contributed by atoms with van der Waals surface area (Å²) in [5.74, 6) is 0.0795. The third kappa shape index (κ3) is 4.29. The van der Waals surface area contributed by atoms with Crippen LogP contribution in [0.15, 0.2) is 36.7 Å². The average Bonchev–Trinajstić information content (AvgIpc) is 3.19. The Hall–Kier alpha value is -1.40. The third-order valence-electron chi connectivity index (χ3n) is 5.44. The molecule has 2 rings (SSSR count). The van der Waals surface area contributed by atoms with Crippen LogP contribution in [0.5, 0.6) is 0 Å². The number of rotatable bonds is 11. The van der Waals surface area contributed by atoms with Gasteiger partial charge in [-0.25, -0.2) is 13.4 Å². The molecule has 0 atom stereocenters. The van der Waals surface area contributed by atoms with Crippen molar-refractivity contribution in [2.24, 2.45) is 0 Å². The summed E-state index contributed by atoms with van der Waals surface area (Å²) in [6.45, 7) is 14.1. The molecule has 2 heterocycles. The van der Waals surface area contributed by atoms with Gasteiger partial charge < -0.3 is 4.57 Å². The van der Waals surface area contributed by atoms with E-state index in [1.807, 2.05) is 16.7 Å². The van der Waals surface area contributed by atoms with Crippen LogP contribution in [0.1, 0.15) is 58.1 Å². The smallest absolute Gasteiger partial charge is 0.227 e. The normalized spacial score (nSPS) is 17.5. The van der Waals surface area contributed by atoms with Crippen molar-refractivity contribution in [1.82, 2.24) is 14.5 Å². The number of nitrogens with zero attached hydrogens (tertiary/aromatic N) is 3. The summed E-state index contributed by atoms with van der Waals surface area (Å²) in [7, 11) is -3.32. The quantitative estimate of drug-likeness (QED) is 0.546. The van der Waals surface area contributed by atoms with E-state index in [0.717, 1.165) is 57.3 Å². The summed E-state index contributed by atoms with van der Waals surface area (Å²) >= 11 is 0. The van der Waals surface area contributed by atoms with Gasteiger partial charge >= 0.3 is 0 Å². The van der Waals surface area contributed by atoms with Gasteiger partial charge in [0, 0.05) is 18.6 Å². The molecule has 26 heavy (non-hydrogen) atoms. The first kappa shape index (κ1) is 20.9. The van der Waals surface area contributed by atoms with Crippen LogP contribution in [0.3, 0.4) is 0 Å². The van der Waals surface area contributed by atoms with Gasteiger partial charge in [0.2, 0.25) is 15.0 Å². The van der Waals surface area contributed by atoms with Crippen LogP contribution in [-0.4, -0.2) is 40.7 Å². The molecule has 146 valence electrons. The minimum Gasteiger partial charge on any atom is -0.318 e. The van der Waals surface area contributed by atoms with Gasteiger partial charge in [0.15, 0.2) is 0 Å². The molecule has 5 nitrogen and oxygen atoms in total. The van der Waals surface area contributed by atoms with Crippen molar-refractivity contribution in [3.05, 3.63) is 37.2 Å². The van der Waals surface area contributed by atoms with Crippen LogP contribution >= 0.6 is 0 Å². The molecular weight excluding hydrogens is 346 g/mol. The maximum Gasteiger partial charge on any atom is 0.227 e. The number of sulfone groups is 1. The number of hydrogen-bond acceptors (Lipinski definition) is 4. The molecule has 1 fully saturated rings. The Morgan fingerprint density at radius 1 is 1.27 bits per heavy atom. The van der Waals surface area contributed by atoms with Crippen molar-refractivity contribution < 1.29 is 8.42 Å². The van der Waals surface area contributed by atoms with Gasteiger partial charge in [-0.05, 0) is 38.6 Å². The maximum absolute atomic E-state index is 12.4. The van der Waals surface area contributed by atoms with Gasteiger partial charge in [-0.15, -0.1) is 13.2 Å². The number of aromatic nitrogens is 2. The molecule has 1 aromatic rings. The van der Waals surface area contributed by atoms with Crippen LogP contribution in [0, 0.1) is 0 Å². The van der Waals surface area contributed by atoms with Crippen molar-refractivity contribution in [2.75, 3.05) is 12.3 Å². The van der Waals surface area contributed by atoms with E-state index in [2.05, 4.69) is 30.0 Å². The second kappa shape index (κ2) is 9.00. The largest absolute Gasteiger partial charge is 0.318 e. The molecule has 0 N–H and O–H groups in total. The van der Waals surface area contributed by atoms with Crippen molar-refractivity contribution in [3.8, 4) is 0 Å². The molecule has 0 aromatic carbocycles. The van der Waals surface area contributed by atoms with Crippen LogP contribution < -0.4 is 0 Å². The Balaban J connectivity index is 2.35. The van der Waals surface area contributed by atoms with Crippen molar-refractivity contribution in [1.29, 1.82) is 0 Å². The molecule has 1 aliphatic heterocycles. The zero-order chi connectivity index (χ0) is 19.2. The molecule has 1 aliphatic rings. The zero-order valence-corrected chi connectivity index (χ0v) is 17.1. The summed E-state index contributed by atoms with van der Waals surface area (Å²) in [5.41, 5.74) is 1.04. The molecule has 0 amide bonds. The molecular formula is C20H33N3O2S. The van der Waals surface area contributed by atoms with E-state index in [0.29, 0.717) is 6.54 Å². The van der Waals surface area contributed by atoms with E-state index < -0.39 is 9.84 Å². The van der Waals surface area contributed by atoms with E-state index in [9.17, 15) is 8.42 Å². The Morgan fingerprint density at radius 2 is 1.96 bits per heavy atom. The van der Waals surface area contributed by atoms with Crippen LogP contribution in [0.25, 0.3) is 0 Å². The van der Waals surface area contributed by atoms with Crippen LogP contribution in [-0.2, 0) is 22.9 Å². The summed E-state index contributed by atoms with van der Waals surface area (Å²) in [6.07, 6.45) is 11.8. The molecule has 6 heteroatoms. The Kier molecular flexibility index (Phi) is 7.24. The lowest BCUT2D eigenvalue weighted by Crippen LogP contribution is -2.43. The predicted octanol–water partition coefficient (Wildman–Crippen LogP) is 3.96. The molecule has 0 unspecified atom stereocenters. The van der Waals surface area contributed by atoms with Gasteiger partial charge in [0.1, 0.15) is 0 Å². The van der Waals surface area contributed by atoms with Crippen molar-refractivity contribution in [2.45, 2.75) is 76.2 Å². The van der Waals surface area contributed by atoms with Gasteiger partial charge in [-0.1, -0.05) is 32.4 Å². The first-order valence-corrected chi connectivity index (χ1v) is 11.3. The fraction of sp³-hybridized carbons (Fsp3) is 0.650. The zero-order valence-electron chi connectivity index (χ0n) is 16.3. The minimum absolute atomic E-state index is 0.0488. The number of likely N-dealkylation sites (tertiary alicyclic amines) is 1. The van der Waals surface area contributed by atoms with Gasteiger partial charge in [0.25, 0.3) is 0 Å². The fourth-order valence-electron chi connectivity index (χ4n) is 3.97. The highest BCUT2D eigenvalue weighted by atomic mass is 32.2. The SMILES string of the molecule is C=CCC1(CC=C)CCCN1Cc1cnc(S(=O)(=O)CC)n1CCCC. The van der Waals surface area contributed by atoms with Crippen molar-refractivity contribution >= 4 is 9.84 Å². The van der Waals surface area contributed by atoms with E-state index >= 15 is 0 Å². The standard InChI is InChI=1S/C20H33N3O2S/c1-5-9-15-23-18(16-21-19(23)26(24,25)8-4)17-22-14-10-13-20(22,11-6-2)12-7-3/h6-7,16H,2-3,5,8-15,17H2,1,4H3. The molecule has 1 saturated heterocycles. The van der Waals surface area contributed by atoms with Gasteiger partial charge in [-0.2, -0.15) is 0 Å². The number of unbranched alkanes of at least 4 members (excludes halogenated alkanes) is 1. The third-order valence-corrected chi connectivity index (χ3v) is 7.08. The minimum atomic E-state index is -3.32. The van der Waals surface area contributed by atoms with Crippen molar-refractivity contribution in [3.63, 3.8) is 0 Å². The van der Waals surface area contributed by atoms with E-state index in [1.54, 1.807) is 13.1 Å². The van der Waals surface area contributed by atoms with E-state index in [-0.39, 0.29) is 16.4 Å². The van der Waals surface area contributed by atoms with Gasteiger partial charge in [-0.3, -0.25) is 4.90 Å². The number of hydrogen-bond donors (Lipinski definition) is 0. The highest BCUT2D eigenvalue weighted by Crippen LogP contribution is 2.37. The highest BCUT2D eigenvalue weighted by molar-refractivity contribution is 7.91. The second-order valence-electron chi connectivity index (χ2n) is 7.18. The highest BCUT2D eigenvalue weighted by Gasteiger charge is 2.39. The molecule has 0 bridgehead atoms. The van der Waals surface area contributed by atoms with Crippen LogP contribution in [0.4, 0.5) is 0 Å². The Bertz CT molecular complexity index is 711. The molecule has 0 aliphatic carbocycles. The fourth-order valence-corrected chi connectivity index (χ4v) is 4.99. The lowest BCUT2D eigenvalue weighted by atomic mass is 9.88.